The minimum atomic E-state index is 0.0666. The molecule has 1 N–H and O–H groups in total. The van der Waals surface area contributed by atoms with Crippen molar-refractivity contribution >= 4 is 16.6 Å². The maximum absolute atomic E-state index is 12.8. The molecule has 0 spiro atoms. The molecule has 0 bridgehead atoms. The Labute approximate surface area is 145 Å². The second-order valence-electron chi connectivity index (χ2n) is 6.35. The summed E-state index contributed by atoms with van der Waals surface area (Å²) >= 11 is 0. The lowest BCUT2D eigenvalue weighted by Gasteiger charge is -2.10. The lowest BCUT2D eigenvalue weighted by Crippen LogP contribution is -1.95. The highest BCUT2D eigenvalue weighted by atomic mass is 16.3. The average Bonchev–Trinajstić information content (AvgIpc) is 2.93. The van der Waals surface area contributed by atoms with E-state index in [-0.39, 0.29) is 11.5 Å². The Balaban J connectivity index is 1.76. The molecule has 2 nitrogen and oxygen atoms in total. The highest BCUT2D eigenvalue weighted by Crippen LogP contribution is 2.40. The summed E-state index contributed by atoms with van der Waals surface area (Å²) in [7, 11) is 0. The number of hydrogen-bond acceptors (Lipinski definition) is 2. The summed E-state index contributed by atoms with van der Waals surface area (Å²) in [5.41, 5.74) is 5.33. The maximum atomic E-state index is 12.8. The van der Waals surface area contributed by atoms with E-state index in [1.165, 1.54) is 0 Å². The van der Waals surface area contributed by atoms with Gasteiger partial charge in [0, 0.05) is 11.1 Å². The van der Waals surface area contributed by atoms with Gasteiger partial charge in [0.1, 0.15) is 5.75 Å². The van der Waals surface area contributed by atoms with Crippen molar-refractivity contribution < 1.29 is 9.90 Å². The third-order valence-corrected chi connectivity index (χ3v) is 4.88. The molecule has 0 saturated carbocycles. The largest absolute Gasteiger partial charge is 0.508 e. The molecule has 0 atom stereocenters. The monoisotopic (exact) mass is 322 g/mol. The third kappa shape index (κ3) is 2.01. The number of phenolic OH excluding ortho intramolecular Hbond substituents is 1. The van der Waals surface area contributed by atoms with Crippen molar-refractivity contribution in [2.45, 2.75) is 0 Å². The first-order chi connectivity index (χ1) is 12.2. The Kier molecular flexibility index (Phi) is 2.83. The second-order valence-corrected chi connectivity index (χ2v) is 6.35. The van der Waals surface area contributed by atoms with E-state index in [0.29, 0.717) is 0 Å². The summed E-state index contributed by atoms with van der Waals surface area (Å²) in [5, 5.41) is 12.1. The zero-order chi connectivity index (χ0) is 17.0. The molecule has 1 aliphatic carbocycles. The van der Waals surface area contributed by atoms with Crippen LogP contribution in [0.4, 0.5) is 0 Å². The Morgan fingerprint density at radius 3 is 2.20 bits per heavy atom. The molecule has 2 heteroatoms. The molecule has 4 aromatic rings. The van der Waals surface area contributed by atoms with Crippen molar-refractivity contribution in [3.05, 3.63) is 90.0 Å². The fourth-order valence-electron chi connectivity index (χ4n) is 3.73. The van der Waals surface area contributed by atoms with E-state index in [1.54, 1.807) is 12.1 Å². The molecule has 118 valence electrons. The molecular formula is C23H14O2. The van der Waals surface area contributed by atoms with Crippen molar-refractivity contribution in [3.8, 4) is 28.0 Å². The number of aromatic hydroxyl groups is 1. The van der Waals surface area contributed by atoms with Gasteiger partial charge >= 0.3 is 0 Å². The van der Waals surface area contributed by atoms with Gasteiger partial charge in [-0.3, -0.25) is 4.79 Å². The number of carbonyl (C=O) groups is 1. The summed E-state index contributed by atoms with van der Waals surface area (Å²) in [4.78, 5) is 12.8. The summed E-state index contributed by atoms with van der Waals surface area (Å²) in [5.74, 6) is 0.292. The first-order valence-corrected chi connectivity index (χ1v) is 8.23. The van der Waals surface area contributed by atoms with Crippen LogP contribution in [0.5, 0.6) is 5.75 Å². The molecule has 1 aliphatic rings. The summed E-state index contributed by atoms with van der Waals surface area (Å²) < 4.78 is 0. The molecular weight excluding hydrogens is 308 g/mol. The predicted octanol–water partition coefficient (Wildman–Crippen LogP) is 5.42. The minimum absolute atomic E-state index is 0.0666. The standard InChI is InChI=1S/C23H14O2/c24-16-11-14-5-1-2-6-17(14)21(13-16)15-9-10-19-18-7-3-4-8-20(18)23(25)22(19)12-15/h1-13,24H. The fourth-order valence-corrected chi connectivity index (χ4v) is 3.73. The number of hydrogen-bond donors (Lipinski definition) is 1. The van der Waals surface area contributed by atoms with E-state index < -0.39 is 0 Å². The molecule has 5 rings (SSSR count). The Bertz CT molecular complexity index is 1170. The van der Waals surface area contributed by atoms with Crippen LogP contribution in [0.15, 0.2) is 78.9 Å². The van der Waals surface area contributed by atoms with Gasteiger partial charge in [0.15, 0.2) is 5.78 Å². The van der Waals surface area contributed by atoms with Gasteiger partial charge in [-0.25, -0.2) is 0 Å². The summed E-state index contributed by atoms with van der Waals surface area (Å²) in [6.07, 6.45) is 0. The number of ketones is 1. The van der Waals surface area contributed by atoms with Crippen molar-refractivity contribution in [2.75, 3.05) is 0 Å². The van der Waals surface area contributed by atoms with Crippen molar-refractivity contribution in [2.24, 2.45) is 0 Å². The quantitative estimate of drug-likeness (QED) is 0.447. The van der Waals surface area contributed by atoms with Crippen LogP contribution < -0.4 is 0 Å². The van der Waals surface area contributed by atoms with Crippen LogP contribution in [0.25, 0.3) is 33.0 Å². The smallest absolute Gasteiger partial charge is 0.194 e. The Morgan fingerprint density at radius 2 is 1.32 bits per heavy atom. The van der Waals surface area contributed by atoms with Crippen molar-refractivity contribution in [1.82, 2.24) is 0 Å². The lowest BCUT2D eigenvalue weighted by molar-refractivity contribution is 0.104. The molecule has 25 heavy (non-hydrogen) atoms. The molecule has 0 unspecified atom stereocenters. The van der Waals surface area contributed by atoms with Gasteiger partial charge in [0.05, 0.1) is 0 Å². The van der Waals surface area contributed by atoms with E-state index in [0.717, 1.165) is 44.2 Å². The molecule has 0 radical (unpaired) electrons. The number of benzene rings is 4. The highest BCUT2D eigenvalue weighted by Gasteiger charge is 2.26. The van der Waals surface area contributed by atoms with Gasteiger partial charge in [-0.2, -0.15) is 0 Å². The van der Waals surface area contributed by atoms with Crippen molar-refractivity contribution in [1.29, 1.82) is 0 Å². The fraction of sp³-hybridized carbons (Fsp3) is 0. The Morgan fingerprint density at radius 1 is 0.600 bits per heavy atom. The SMILES string of the molecule is O=C1c2ccccc2-c2ccc(-c3cc(O)cc4ccccc34)cc21. The zero-order valence-corrected chi connectivity index (χ0v) is 13.4. The third-order valence-electron chi connectivity index (χ3n) is 4.88. The molecule has 0 aliphatic heterocycles. The van der Waals surface area contributed by atoms with E-state index >= 15 is 0 Å². The van der Waals surface area contributed by atoms with E-state index in [9.17, 15) is 9.90 Å². The predicted molar refractivity (Wildman–Crippen MR) is 99.9 cm³/mol. The number of fused-ring (bicyclic) bond motifs is 4. The van der Waals surface area contributed by atoms with Crippen LogP contribution in [-0.2, 0) is 0 Å². The van der Waals surface area contributed by atoms with Gasteiger partial charge in [0.25, 0.3) is 0 Å². The van der Waals surface area contributed by atoms with E-state index in [2.05, 4.69) is 0 Å². The van der Waals surface area contributed by atoms with Crippen LogP contribution >= 0.6 is 0 Å². The summed E-state index contributed by atoms with van der Waals surface area (Å²) in [6.45, 7) is 0. The van der Waals surface area contributed by atoms with Crippen molar-refractivity contribution in [3.63, 3.8) is 0 Å². The van der Waals surface area contributed by atoms with Gasteiger partial charge in [0.2, 0.25) is 0 Å². The first kappa shape index (κ1) is 14.0. The molecule has 4 aromatic carbocycles. The first-order valence-electron chi connectivity index (χ1n) is 8.23. The molecule has 0 heterocycles. The maximum Gasteiger partial charge on any atom is 0.194 e. The second kappa shape index (κ2) is 5.05. The normalized spacial score (nSPS) is 12.2. The van der Waals surface area contributed by atoms with Crippen LogP contribution in [0, 0.1) is 0 Å². The van der Waals surface area contributed by atoms with E-state index in [1.807, 2.05) is 66.7 Å². The van der Waals surface area contributed by atoms with Crippen LogP contribution in [-0.4, -0.2) is 10.9 Å². The van der Waals surface area contributed by atoms with Gasteiger partial charge in [-0.15, -0.1) is 0 Å². The number of carbonyl (C=O) groups excluding carboxylic acids is 1. The Hall–Kier alpha value is -3.39. The minimum Gasteiger partial charge on any atom is -0.508 e. The van der Waals surface area contributed by atoms with Crippen LogP contribution in [0.3, 0.4) is 0 Å². The highest BCUT2D eigenvalue weighted by molar-refractivity contribution is 6.22. The lowest BCUT2D eigenvalue weighted by atomic mass is 9.94. The topological polar surface area (TPSA) is 37.3 Å². The number of rotatable bonds is 1. The molecule has 0 fully saturated rings. The van der Waals surface area contributed by atoms with Gasteiger partial charge in [-0.05, 0) is 51.2 Å². The average molecular weight is 322 g/mol. The molecule has 0 saturated heterocycles. The van der Waals surface area contributed by atoms with Crippen LogP contribution in [0.2, 0.25) is 0 Å². The summed E-state index contributed by atoms with van der Waals surface area (Å²) in [6, 6.07) is 25.2. The van der Waals surface area contributed by atoms with Gasteiger partial charge < -0.3 is 5.11 Å². The molecule has 0 aromatic heterocycles. The van der Waals surface area contributed by atoms with Gasteiger partial charge in [-0.1, -0.05) is 60.7 Å². The van der Waals surface area contributed by atoms with E-state index in [4.69, 9.17) is 0 Å². The number of phenols is 1. The molecule has 0 amide bonds. The van der Waals surface area contributed by atoms with Crippen LogP contribution in [0.1, 0.15) is 15.9 Å². The zero-order valence-electron chi connectivity index (χ0n) is 13.4.